The first-order chi connectivity index (χ1) is 8.50. The molecule has 6 nitrogen and oxygen atoms in total. The zero-order chi connectivity index (χ0) is 13.5. The Morgan fingerprint density at radius 3 is 2.67 bits per heavy atom. The van der Waals surface area contributed by atoms with Crippen LogP contribution in [0.3, 0.4) is 0 Å². The van der Waals surface area contributed by atoms with Crippen molar-refractivity contribution >= 4 is 11.9 Å². The van der Waals surface area contributed by atoms with Gasteiger partial charge in [0.15, 0.2) is 0 Å². The van der Waals surface area contributed by atoms with Crippen molar-refractivity contribution in [1.82, 2.24) is 15.6 Å². The van der Waals surface area contributed by atoms with Crippen molar-refractivity contribution in [1.29, 1.82) is 0 Å². The first-order valence-electron chi connectivity index (χ1n) is 5.65. The Morgan fingerprint density at radius 2 is 2.17 bits per heavy atom. The maximum Gasteiger partial charge on any atom is 0.327 e. The number of hydrogen-bond acceptors (Lipinski definition) is 4. The lowest BCUT2D eigenvalue weighted by Gasteiger charge is -2.18. The molecule has 0 aliphatic carbocycles. The van der Waals surface area contributed by atoms with Gasteiger partial charge in [0.1, 0.15) is 6.04 Å². The molecule has 0 bridgehead atoms. The summed E-state index contributed by atoms with van der Waals surface area (Å²) < 4.78 is 0. The van der Waals surface area contributed by atoms with Gasteiger partial charge in [-0.05, 0) is 19.1 Å². The molecule has 1 heterocycles. The van der Waals surface area contributed by atoms with Crippen LogP contribution in [-0.4, -0.2) is 34.6 Å². The molecule has 0 aliphatic heterocycles. The molecule has 0 aromatic carbocycles. The quantitative estimate of drug-likeness (QED) is 0.677. The van der Waals surface area contributed by atoms with Gasteiger partial charge in [-0.3, -0.25) is 9.78 Å². The minimum Gasteiger partial charge on any atom is -0.480 e. The van der Waals surface area contributed by atoms with Crippen LogP contribution >= 0.6 is 0 Å². The number of carbonyl (C=O) groups is 2. The van der Waals surface area contributed by atoms with Gasteiger partial charge in [0.25, 0.3) is 0 Å². The van der Waals surface area contributed by atoms with Gasteiger partial charge in [-0.2, -0.15) is 0 Å². The number of pyridine rings is 1. The molecule has 1 aromatic rings. The van der Waals surface area contributed by atoms with Gasteiger partial charge in [0.2, 0.25) is 5.91 Å². The summed E-state index contributed by atoms with van der Waals surface area (Å²) in [5.41, 5.74) is 0.824. The Balaban J connectivity index is 2.52. The minimum absolute atomic E-state index is 0.0817. The molecule has 0 fully saturated rings. The van der Waals surface area contributed by atoms with Crippen molar-refractivity contribution in [2.24, 2.45) is 0 Å². The smallest absolute Gasteiger partial charge is 0.327 e. The van der Waals surface area contributed by atoms with Crippen LogP contribution in [0.2, 0.25) is 0 Å². The number of nitrogens with zero attached hydrogens (tertiary/aromatic N) is 1. The molecule has 3 N–H and O–H groups in total. The Hall–Kier alpha value is -1.95. The fraction of sp³-hybridized carbons (Fsp3) is 0.417. The molecule has 1 unspecified atom stereocenters. The summed E-state index contributed by atoms with van der Waals surface area (Å²) in [7, 11) is 0. The van der Waals surface area contributed by atoms with Crippen LogP contribution in [0.15, 0.2) is 24.4 Å². The van der Waals surface area contributed by atoms with Gasteiger partial charge in [-0.1, -0.05) is 6.07 Å². The fourth-order valence-electron chi connectivity index (χ4n) is 1.48. The number of hydrogen-bond donors (Lipinski definition) is 3. The van der Waals surface area contributed by atoms with Crippen molar-refractivity contribution in [2.75, 3.05) is 6.54 Å². The largest absolute Gasteiger partial charge is 0.480 e. The number of carboxylic acid groups (broad SMARTS) is 1. The van der Waals surface area contributed by atoms with Crippen molar-refractivity contribution in [2.45, 2.75) is 25.9 Å². The lowest BCUT2D eigenvalue weighted by Crippen LogP contribution is -2.46. The van der Waals surface area contributed by atoms with E-state index in [0.29, 0.717) is 0 Å². The molecule has 0 saturated heterocycles. The Bertz CT molecular complexity index is 408. The number of rotatable bonds is 6. The highest BCUT2D eigenvalue weighted by molar-refractivity contribution is 5.82. The summed E-state index contributed by atoms with van der Waals surface area (Å²) >= 11 is 0. The molecule has 1 amide bonds. The van der Waals surface area contributed by atoms with E-state index in [4.69, 9.17) is 5.11 Å². The van der Waals surface area contributed by atoms with Gasteiger partial charge in [0, 0.05) is 25.7 Å². The predicted octanol–water partition coefficient (Wildman–Crippen LogP) is 0.321. The number of aromatic nitrogens is 1. The maximum absolute atomic E-state index is 10.9. The molecule has 1 rings (SSSR count). The first kappa shape index (κ1) is 14.1. The average molecular weight is 251 g/mol. The molecule has 0 saturated carbocycles. The third kappa shape index (κ3) is 4.50. The van der Waals surface area contributed by atoms with Gasteiger partial charge in [-0.25, -0.2) is 4.79 Å². The van der Waals surface area contributed by atoms with Gasteiger partial charge < -0.3 is 15.7 Å². The molecule has 98 valence electrons. The summed E-state index contributed by atoms with van der Waals surface area (Å²) in [5.74, 6) is -1.43. The number of aliphatic carboxylic acids is 1. The third-order valence-corrected chi connectivity index (χ3v) is 2.44. The van der Waals surface area contributed by atoms with E-state index in [9.17, 15) is 9.59 Å². The molecule has 0 spiro atoms. The van der Waals surface area contributed by atoms with Crippen molar-refractivity contribution in [3.05, 3.63) is 30.1 Å². The summed E-state index contributed by atoms with van der Waals surface area (Å²) in [4.78, 5) is 25.9. The van der Waals surface area contributed by atoms with Crippen LogP contribution in [0.5, 0.6) is 0 Å². The molecule has 2 atom stereocenters. The molecule has 6 heteroatoms. The fourth-order valence-corrected chi connectivity index (χ4v) is 1.48. The lowest BCUT2D eigenvalue weighted by atomic mass is 10.2. The van der Waals surface area contributed by atoms with E-state index < -0.39 is 12.0 Å². The second-order valence-electron chi connectivity index (χ2n) is 3.98. The van der Waals surface area contributed by atoms with Crippen LogP contribution in [-0.2, 0) is 9.59 Å². The molecule has 0 radical (unpaired) electrons. The molecule has 18 heavy (non-hydrogen) atoms. The number of carboxylic acids is 1. The molecular formula is C12H17N3O3. The third-order valence-electron chi connectivity index (χ3n) is 2.44. The van der Waals surface area contributed by atoms with Gasteiger partial charge >= 0.3 is 5.97 Å². The first-order valence-corrected chi connectivity index (χ1v) is 5.65. The minimum atomic E-state index is -1.06. The number of carbonyl (C=O) groups excluding carboxylic acids is 1. The maximum atomic E-state index is 10.9. The van der Waals surface area contributed by atoms with E-state index in [2.05, 4.69) is 15.6 Å². The van der Waals surface area contributed by atoms with Crippen LogP contribution < -0.4 is 10.6 Å². The van der Waals surface area contributed by atoms with E-state index in [-0.39, 0.29) is 18.5 Å². The standard InChI is InChI=1S/C12H17N3O3/c1-8(10-5-3-4-6-13-10)14-7-11(12(17)18)15-9(2)16/h3-6,8,11,14H,7H2,1-2H3,(H,15,16)(H,17,18)/t8-,11?/m1/s1. The normalized spacial score (nSPS) is 13.7. The summed E-state index contributed by atoms with van der Waals surface area (Å²) in [6.07, 6.45) is 1.68. The summed E-state index contributed by atoms with van der Waals surface area (Å²) in [6.45, 7) is 3.32. The van der Waals surface area contributed by atoms with E-state index in [1.54, 1.807) is 6.20 Å². The Kier molecular flexibility index (Phi) is 5.26. The monoisotopic (exact) mass is 251 g/mol. The van der Waals surface area contributed by atoms with Gasteiger partial charge in [-0.15, -0.1) is 0 Å². The van der Waals surface area contributed by atoms with Crippen LogP contribution in [0.25, 0.3) is 0 Å². The van der Waals surface area contributed by atoms with Crippen LogP contribution in [0, 0.1) is 0 Å². The topological polar surface area (TPSA) is 91.3 Å². The van der Waals surface area contributed by atoms with Gasteiger partial charge in [0.05, 0.1) is 5.69 Å². The van der Waals surface area contributed by atoms with Crippen molar-refractivity contribution in [3.63, 3.8) is 0 Å². The summed E-state index contributed by atoms with van der Waals surface area (Å²) in [5, 5.41) is 14.3. The Labute approximate surface area is 105 Å². The van der Waals surface area contributed by atoms with E-state index in [1.807, 2.05) is 25.1 Å². The van der Waals surface area contributed by atoms with Crippen LogP contribution in [0.4, 0.5) is 0 Å². The SMILES string of the molecule is CC(=O)NC(CN[C@H](C)c1ccccn1)C(=O)O. The predicted molar refractivity (Wildman–Crippen MR) is 65.9 cm³/mol. The Morgan fingerprint density at radius 1 is 1.44 bits per heavy atom. The zero-order valence-corrected chi connectivity index (χ0v) is 10.4. The molecule has 0 aliphatic rings. The number of nitrogens with one attached hydrogen (secondary N) is 2. The van der Waals surface area contributed by atoms with E-state index >= 15 is 0 Å². The second-order valence-corrected chi connectivity index (χ2v) is 3.98. The second kappa shape index (κ2) is 6.70. The molecular weight excluding hydrogens is 234 g/mol. The average Bonchev–Trinajstić information content (AvgIpc) is 2.34. The highest BCUT2D eigenvalue weighted by Crippen LogP contribution is 2.07. The summed E-state index contributed by atoms with van der Waals surface area (Å²) in [6, 6.07) is 4.51. The van der Waals surface area contributed by atoms with Crippen molar-refractivity contribution < 1.29 is 14.7 Å². The zero-order valence-electron chi connectivity index (χ0n) is 10.4. The highest BCUT2D eigenvalue weighted by atomic mass is 16.4. The van der Waals surface area contributed by atoms with Crippen molar-refractivity contribution in [3.8, 4) is 0 Å². The van der Waals surface area contributed by atoms with Crippen LogP contribution in [0.1, 0.15) is 25.6 Å². The molecule has 1 aromatic heterocycles. The highest BCUT2D eigenvalue weighted by Gasteiger charge is 2.19. The van der Waals surface area contributed by atoms with E-state index in [0.717, 1.165) is 5.69 Å². The van der Waals surface area contributed by atoms with E-state index in [1.165, 1.54) is 6.92 Å². The lowest BCUT2D eigenvalue weighted by molar-refractivity contribution is -0.141. The number of amides is 1.